The van der Waals surface area contributed by atoms with E-state index in [0.717, 1.165) is 42.0 Å². The van der Waals surface area contributed by atoms with Gasteiger partial charge in [-0.15, -0.1) is 0 Å². The Balaban J connectivity index is 1.27. The number of carbonyl (C=O) groups excluding carboxylic acids is 2. The molecule has 2 aromatic rings. The maximum Gasteiger partial charge on any atom is 0.410 e. The Morgan fingerprint density at radius 1 is 1.06 bits per heavy atom. The monoisotopic (exact) mass is 515 g/mol. The summed E-state index contributed by atoms with van der Waals surface area (Å²) in [4.78, 5) is 37.1. The number of halogens is 1. The Labute approximate surface area is 217 Å². The summed E-state index contributed by atoms with van der Waals surface area (Å²) >= 11 is 6.21. The second-order valence-corrected chi connectivity index (χ2v) is 10.6. The standard InChI is InChI=1S/C26H34ClN5O4/c1-26(2,3)36-25(34)32-14-11-20-21(16-32)29-23(27)30-22(20)28-15-18-9-12-31(13-10-18)24(33)35-17-19-7-5-4-6-8-19/h4-8,18H,9-17H2,1-3H3,(H,28,29,30). The molecule has 0 spiro atoms. The third-order valence-electron chi connectivity index (χ3n) is 6.33. The first-order valence-corrected chi connectivity index (χ1v) is 12.8. The van der Waals surface area contributed by atoms with Crippen LogP contribution in [0.15, 0.2) is 30.3 Å². The molecule has 10 heteroatoms. The van der Waals surface area contributed by atoms with Gasteiger partial charge in [0.2, 0.25) is 5.28 Å². The number of anilines is 1. The molecule has 1 aromatic carbocycles. The number of nitrogens with one attached hydrogen (secondary N) is 1. The number of aromatic nitrogens is 2. The molecule has 2 aliphatic rings. The van der Waals surface area contributed by atoms with Crippen molar-refractivity contribution in [1.29, 1.82) is 0 Å². The third kappa shape index (κ3) is 7.00. The molecule has 0 atom stereocenters. The van der Waals surface area contributed by atoms with E-state index in [2.05, 4.69) is 15.3 Å². The maximum absolute atomic E-state index is 12.5. The molecule has 2 amide bonds. The Kier molecular flexibility index (Phi) is 8.18. The zero-order chi connectivity index (χ0) is 25.7. The van der Waals surface area contributed by atoms with E-state index in [4.69, 9.17) is 21.1 Å². The van der Waals surface area contributed by atoms with Gasteiger partial charge >= 0.3 is 12.2 Å². The smallest absolute Gasteiger partial charge is 0.410 e. The van der Waals surface area contributed by atoms with Gasteiger partial charge in [-0.1, -0.05) is 30.3 Å². The number of rotatable bonds is 5. The van der Waals surface area contributed by atoms with E-state index >= 15 is 0 Å². The lowest BCUT2D eigenvalue weighted by Gasteiger charge is -2.33. The molecule has 1 N–H and O–H groups in total. The van der Waals surface area contributed by atoms with Crippen molar-refractivity contribution in [2.75, 3.05) is 31.5 Å². The van der Waals surface area contributed by atoms with Crippen molar-refractivity contribution in [3.05, 3.63) is 52.4 Å². The second kappa shape index (κ2) is 11.3. The van der Waals surface area contributed by atoms with Crippen LogP contribution in [0, 0.1) is 5.92 Å². The van der Waals surface area contributed by atoms with Gasteiger partial charge in [0, 0.05) is 31.7 Å². The molecule has 0 bridgehead atoms. The van der Waals surface area contributed by atoms with Crippen molar-refractivity contribution >= 4 is 29.6 Å². The lowest BCUT2D eigenvalue weighted by molar-refractivity contribution is 0.0220. The quantitative estimate of drug-likeness (QED) is 0.566. The minimum atomic E-state index is -0.554. The molecule has 0 aliphatic carbocycles. The van der Waals surface area contributed by atoms with Crippen LogP contribution in [0.1, 0.15) is 50.4 Å². The summed E-state index contributed by atoms with van der Waals surface area (Å²) in [5.74, 6) is 1.12. The van der Waals surface area contributed by atoms with Crippen LogP contribution in [-0.4, -0.2) is 63.7 Å². The van der Waals surface area contributed by atoms with Gasteiger partial charge in [0.05, 0.1) is 12.2 Å². The number of hydrogen-bond donors (Lipinski definition) is 1. The van der Waals surface area contributed by atoms with Crippen molar-refractivity contribution in [3.8, 4) is 0 Å². The Morgan fingerprint density at radius 2 is 1.78 bits per heavy atom. The summed E-state index contributed by atoms with van der Waals surface area (Å²) < 4.78 is 11.0. The number of piperidine rings is 1. The third-order valence-corrected chi connectivity index (χ3v) is 6.49. The largest absolute Gasteiger partial charge is 0.445 e. The first-order chi connectivity index (χ1) is 17.2. The minimum absolute atomic E-state index is 0.151. The molecule has 1 saturated heterocycles. The normalized spacial score (nSPS) is 16.3. The van der Waals surface area contributed by atoms with Crippen LogP contribution in [0.25, 0.3) is 0 Å². The van der Waals surface area contributed by atoms with Crippen LogP contribution in [0.5, 0.6) is 0 Å². The Hall–Kier alpha value is -3.07. The number of ether oxygens (including phenoxy) is 2. The maximum atomic E-state index is 12.5. The van der Waals surface area contributed by atoms with Gasteiger partial charge in [-0.2, -0.15) is 0 Å². The summed E-state index contributed by atoms with van der Waals surface area (Å²) in [7, 11) is 0. The van der Waals surface area contributed by atoms with Crippen molar-refractivity contribution in [3.63, 3.8) is 0 Å². The van der Waals surface area contributed by atoms with E-state index in [1.807, 2.05) is 51.1 Å². The highest BCUT2D eigenvalue weighted by molar-refractivity contribution is 6.28. The van der Waals surface area contributed by atoms with Crippen molar-refractivity contribution in [2.24, 2.45) is 5.92 Å². The van der Waals surface area contributed by atoms with Crippen LogP contribution in [-0.2, 0) is 29.0 Å². The fourth-order valence-corrected chi connectivity index (χ4v) is 4.59. The molecular formula is C26H34ClN5O4. The van der Waals surface area contributed by atoms with E-state index < -0.39 is 5.60 Å². The summed E-state index contributed by atoms with van der Waals surface area (Å²) in [6, 6.07) is 9.69. The molecule has 36 heavy (non-hydrogen) atoms. The topological polar surface area (TPSA) is 96.9 Å². The highest BCUT2D eigenvalue weighted by atomic mass is 35.5. The molecule has 1 aromatic heterocycles. The number of nitrogens with zero attached hydrogens (tertiary/aromatic N) is 4. The molecule has 4 rings (SSSR count). The van der Waals surface area contributed by atoms with Crippen LogP contribution < -0.4 is 5.32 Å². The molecule has 194 valence electrons. The molecule has 0 radical (unpaired) electrons. The van der Waals surface area contributed by atoms with Gasteiger partial charge in [-0.25, -0.2) is 19.6 Å². The fraction of sp³-hybridized carbons (Fsp3) is 0.538. The van der Waals surface area contributed by atoms with Gasteiger partial charge in [0.1, 0.15) is 18.0 Å². The molecule has 9 nitrogen and oxygen atoms in total. The lowest BCUT2D eigenvalue weighted by atomic mass is 9.97. The van der Waals surface area contributed by atoms with E-state index in [1.54, 1.807) is 9.80 Å². The van der Waals surface area contributed by atoms with E-state index in [0.29, 0.717) is 38.5 Å². The average molecular weight is 516 g/mol. The van der Waals surface area contributed by atoms with Gasteiger partial charge in [0.15, 0.2) is 0 Å². The van der Waals surface area contributed by atoms with Crippen LogP contribution in [0.4, 0.5) is 15.4 Å². The highest BCUT2D eigenvalue weighted by Crippen LogP contribution is 2.27. The van der Waals surface area contributed by atoms with Crippen molar-refractivity contribution in [1.82, 2.24) is 19.8 Å². The summed E-state index contributed by atoms with van der Waals surface area (Å²) in [6.07, 6.45) is 1.75. The van der Waals surface area contributed by atoms with Gasteiger partial charge in [0.25, 0.3) is 0 Å². The molecule has 0 saturated carbocycles. The first-order valence-electron chi connectivity index (χ1n) is 12.4. The summed E-state index contributed by atoms with van der Waals surface area (Å²) in [5, 5.41) is 3.60. The predicted molar refractivity (Wildman–Crippen MR) is 137 cm³/mol. The van der Waals surface area contributed by atoms with E-state index in [9.17, 15) is 9.59 Å². The minimum Gasteiger partial charge on any atom is -0.445 e. The van der Waals surface area contributed by atoms with Crippen LogP contribution >= 0.6 is 11.6 Å². The van der Waals surface area contributed by atoms with Gasteiger partial charge in [-0.05, 0) is 63.1 Å². The van der Waals surface area contributed by atoms with Gasteiger partial charge in [-0.3, -0.25) is 0 Å². The number of carbonyl (C=O) groups is 2. The zero-order valence-electron chi connectivity index (χ0n) is 21.1. The van der Waals surface area contributed by atoms with Crippen LogP contribution in [0.3, 0.4) is 0 Å². The van der Waals surface area contributed by atoms with Crippen molar-refractivity contribution < 1.29 is 19.1 Å². The van der Waals surface area contributed by atoms with E-state index in [-0.39, 0.29) is 24.1 Å². The zero-order valence-corrected chi connectivity index (χ0v) is 21.9. The summed E-state index contributed by atoms with van der Waals surface area (Å²) in [6.45, 7) is 8.75. The number of likely N-dealkylation sites (tertiary alicyclic amines) is 1. The number of fused-ring (bicyclic) bond motifs is 1. The van der Waals surface area contributed by atoms with Gasteiger partial charge < -0.3 is 24.6 Å². The molecule has 0 unspecified atom stereocenters. The average Bonchev–Trinajstić information content (AvgIpc) is 2.85. The second-order valence-electron chi connectivity index (χ2n) is 10.3. The predicted octanol–water partition coefficient (Wildman–Crippen LogP) is 4.88. The SMILES string of the molecule is CC(C)(C)OC(=O)N1CCc2c(nc(Cl)nc2NCC2CCN(C(=O)OCc3ccccc3)CC2)C1. The first kappa shape index (κ1) is 26.0. The Morgan fingerprint density at radius 3 is 2.47 bits per heavy atom. The van der Waals surface area contributed by atoms with Crippen molar-refractivity contribution in [2.45, 2.75) is 58.8 Å². The molecule has 3 heterocycles. The summed E-state index contributed by atoms with van der Waals surface area (Å²) in [5.41, 5.74) is 2.15. The number of hydrogen-bond acceptors (Lipinski definition) is 7. The fourth-order valence-electron chi connectivity index (χ4n) is 4.40. The molecular weight excluding hydrogens is 482 g/mol. The number of amides is 2. The molecule has 2 aliphatic heterocycles. The lowest BCUT2D eigenvalue weighted by Crippen LogP contribution is -2.41. The Bertz CT molecular complexity index is 1070. The highest BCUT2D eigenvalue weighted by Gasteiger charge is 2.29. The molecule has 1 fully saturated rings. The number of benzene rings is 1. The van der Waals surface area contributed by atoms with E-state index in [1.165, 1.54) is 0 Å². The van der Waals surface area contributed by atoms with Crippen LogP contribution in [0.2, 0.25) is 5.28 Å².